The molecular weight excluding hydrogens is 246 g/mol. The van der Waals surface area contributed by atoms with Crippen molar-refractivity contribution in [2.75, 3.05) is 6.54 Å². The van der Waals surface area contributed by atoms with Gasteiger partial charge in [-0.1, -0.05) is 19.3 Å². The Hall–Kier alpha value is -0.840. The molecule has 1 atom stereocenters. The summed E-state index contributed by atoms with van der Waals surface area (Å²) >= 11 is 5.46. The lowest BCUT2D eigenvalue weighted by Gasteiger charge is -2.37. The number of nitrogens with two attached hydrogens (primary N) is 1. The van der Waals surface area contributed by atoms with E-state index in [1.807, 2.05) is 4.90 Å². The van der Waals surface area contributed by atoms with Crippen molar-refractivity contribution in [3.63, 3.8) is 0 Å². The van der Waals surface area contributed by atoms with E-state index in [0.717, 1.165) is 30.9 Å². The van der Waals surface area contributed by atoms with E-state index in [9.17, 15) is 4.79 Å². The smallest absolute Gasteiger partial charge is 0.240 e. The Morgan fingerprint density at radius 2 is 1.78 bits per heavy atom. The predicted molar refractivity (Wildman–Crippen MR) is 76.1 cm³/mol. The lowest BCUT2D eigenvalue weighted by atomic mass is 9.95. The lowest BCUT2D eigenvalue weighted by molar-refractivity contribution is -0.122. The molecule has 1 aliphatic heterocycles. The largest absolute Gasteiger partial charge is 0.368 e. The first-order chi connectivity index (χ1) is 8.68. The van der Waals surface area contributed by atoms with Gasteiger partial charge in [0, 0.05) is 12.6 Å². The molecule has 1 saturated heterocycles. The number of nitrogens with zero attached hydrogens (tertiary/aromatic N) is 1. The van der Waals surface area contributed by atoms with Gasteiger partial charge in [0.25, 0.3) is 0 Å². The second kappa shape index (κ2) is 6.36. The summed E-state index contributed by atoms with van der Waals surface area (Å²) in [5, 5.41) is 4.15. The van der Waals surface area contributed by atoms with E-state index in [1.165, 1.54) is 32.1 Å². The first-order valence-electron chi connectivity index (χ1n) is 7.05. The van der Waals surface area contributed by atoms with Crippen LogP contribution in [0, 0.1) is 0 Å². The Bertz CT molecular complexity index is 315. The fourth-order valence-electron chi connectivity index (χ4n) is 2.97. The van der Waals surface area contributed by atoms with E-state index in [0.29, 0.717) is 6.04 Å². The Labute approximate surface area is 114 Å². The summed E-state index contributed by atoms with van der Waals surface area (Å²) in [6.07, 6.45) is 9.26. The molecule has 1 saturated carbocycles. The van der Waals surface area contributed by atoms with E-state index in [2.05, 4.69) is 5.32 Å². The van der Waals surface area contributed by atoms with Crippen molar-refractivity contribution < 1.29 is 4.79 Å². The third-order valence-corrected chi connectivity index (χ3v) is 4.38. The summed E-state index contributed by atoms with van der Waals surface area (Å²) in [5.41, 5.74) is 5.46. The SMILES string of the molecule is NC(=O)C1CCCCN1C(=S)NC1CCCCC1. The number of hydrogen-bond donors (Lipinski definition) is 2. The molecule has 1 amide bonds. The molecule has 2 fully saturated rings. The van der Waals surface area contributed by atoms with Gasteiger partial charge in [-0.3, -0.25) is 4.79 Å². The molecule has 0 aromatic carbocycles. The third-order valence-electron chi connectivity index (χ3n) is 4.02. The number of nitrogens with one attached hydrogen (secondary N) is 1. The summed E-state index contributed by atoms with van der Waals surface area (Å²) < 4.78 is 0. The van der Waals surface area contributed by atoms with Crippen molar-refractivity contribution in [1.82, 2.24) is 10.2 Å². The highest BCUT2D eigenvalue weighted by molar-refractivity contribution is 7.80. The van der Waals surface area contributed by atoms with Crippen LogP contribution in [0.4, 0.5) is 0 Å². The molecule has 102 valence electrons. The van der Waals surface area contributed by atoms with Crippen LogP contribution in [0.1, 0.15) is 51.4 Å². The number of likely N-dealkylation sites (tertiary alicyclic amines) is 1. The van der Waals surface area contributed by atoms with E-state index in [1.54, 1.807) is 0 Å². The van der Waals surface area contributed by atoms with Gasteiger partial charge in [0.05, 0.1) is 0 Å². The van der Waals surface area contributed by atoms with Crippen molar-refractivity contribution in [2.45, 2.75) is 63.5 Å². The van der Waals surface area contributed by atoms with E-state index in [4.69, 9.17) is 18.0 Å². The number of hydrogen-bond acceptors (Lipinski definition) is 2. The minimum absolute atomic E-state index is 0.206. The number of amides is 1. The number of carbonyl (C=O) groups is 1. The maximum absolute atomic E-state index is 11.5. The molecule has 18 heavy (non-hydrogen) atoms. The highest BCUT2D eigenvalue weighted by Crippen LogP contribution is 2.20. The molecule has 2 aliphatic rings. The highest BCUT2D eigenvalue weighted by atomic mass is 32.1. The first-order valence-corrected chi connectivity index (χ1v) is 7.46. The molecule has 1 heterocycles. The van der Waals surface area contributed by atoms with E-state index < -0.39 is 0 Å². The van der Waals surface area contributed by atoms with Crippen LogP contribution in [0.2, 0.25) is 0 Å². The second-order valence-electron chi connectivity index (χ2n) is 5.39. The average molecular weight is 269 g/mol. The van der Waals surface area contributed by atoms with Gasteiger partial charge in [-0.2, -0.15) is 0 Å². The fraction of sp³-hybridized carbons (Fsp3) is 0.846. The standard InChI is InChI=1S/C13H23N3OS/c14-12(17)11-8-4-5-9-16(11)13(18)15-10-6-2-1-3-7-10/h10-11H,1-9H2,(H2,14,17)(H,15,18). The van der Waals surface area contributed by atoms with Crippen LogP contribution in [-0.4, -0.2) is 34.5 Å². The molecule has 0 radical (unpaired) electrons. The zero-order valence-electron chi connectivity index (χ0n) is 10.9. The van der Waals surface area contributed by atoms with Crippen LogP contribution in [0.15, 0.2) is 0 Å². The number of carbonyl (C=O) groups excluding carboxylic acids is 1. The van der Waals surface area contributed by atoms with Gasteiger partial charge in [-0.15, -0.1) is 0 Å². The van der Waals surface area contributed by atoms with Crippen molar-refractivity contribution in [3.05, 3.63) is 0 Å². The second-order valence-corrected chi connectivity index (χ2v) is 5.78. The molecule has 0 aromatic heterocycles. The summed E-state index contributed by atoms with van der Waals surface area (Å²) in [6, 6.07) is 0.282. The van der Waals surface area contributed by atoms with E-state index in [-0.39, 0.29) is 11.9 Å². The van der Waals surface area contributed by atoms with Crippen molar-refractivity contribution in [3.8, 4) is 0 Å². The topological polar surface area (TPSA) is 58.4 Å². The van der Waals surface area contributed by atoms with Gasteiger partial charge >= 0.3 is 0 Å². The van der Waals surface area contributed by atoms with Gasteiger partial charge in [-0.25, -0.2) is 0 Å². The maximum Gasteiger partial charge on any atom is 0.240 e. The Kier molecular flexibility index (Phi) is 4.80. The molecule has 0 bridgehead atoms. The van der Waals surface area contributed by atoms with E-state index >= 15 is 0 Å². The maximum atomic E-state index is 11.5. The zero-order valence-corrected chi connectivity index (χ0v) is 11.7. The summed E-state index contributed by atoms with van der Waals surface area (Å²) in [6.45, 7) is 0.853. The van der Waals surface area contributed by atoms with Crippen molar-refractivity contribution in [1.29, 1.82) is 0 Å². The fourth-order valence-corrected chi connectivity index (χ4v) is 3.36. The molecule has 0 spiro atoms. The third kappa shape index (κ3) is 3.34. The zero-order chi connectivity index (χ0) is 13.0. The highest BCUT2D eigenvalue weighted by Gasteiger charge is 2.29. The van der Waals surface area contributed by atoms with Crippen molar-refractivity contribution >= 4 is 23.2 Å². The number of piperidine rings is 1. The van der Waals surface area contributed by atoms with Crippen LogP contribution < -0.4 is 11.1 Å². The molecule has 1 aliphatic carbocycles. The Morgan fingerprint density at radius 1 is 1.11 bits per heavy atom. The average Bonchev–Trinajstić information content (AvgIpc) is 2.40. The minimum atomic E-state index is -0.248. The number of thiocarbonyl (C=S) groups is 1. The normalized spacial score (nSPS) is 25.8. The Balaban J connectivity index is 1.91. The van der Waals surface area contributed by atoms with Gasteiger partial charge in [0.1, 0.15) is 6.04 Å². The van der Waals surface area contributed by atoms with Crippen molar-refractivity contribution in [2.24, 2.45) is 5.73 Å². The molecule has 4 nitrogen and oxygen atoms in total. The van der Waals surface area contributed by atoms with Crippen LogP contribution >= 0.6 is 12.2 Å². The summed E-state index contributed by atoms with van der Waals surface area (Å²) in [4.78, 5) is 13.5. The van der Waals surface area contributed by atoms with Crippen LogP contribution in [0.3, 0.4) is 0 Å². The lowest BCUT2D eigenvalue weighted by Crippen LogP contribution is -2.55. The van der Waals surface area contributed by atoms with Gasteiger partial charge in [0.2, 0.25) is 5.91 Å². The van der Waals surface area contributed by atoms with Gasteiger partial charge in [0.15, 0.2) is 5.11 Å². The number of rotatable bonds is 2. The molecule has 1 unspecified atom stereocenters. The Morgan fingerprint density at radius 3 is 2.44 bits per heavy atom. The first kappa shape index (κ1) is 13.6. The predicted octanol–water partition coefficient (Wildman–Crippen LogP) is 1.53. The molecule has 2 rings (SSSR count). The minimum Gasteiger partial charge on any atom is -0.368 e. The van der Waals surface area contributed by atoms with Gasteiger partial charge < -0.3 is 16.0 Å². The summed E-state index contributed by atoms with van der Waals surface area (Å²) in [5.74, 6) is -0.248. The molecule has 0 aromatic rings. The van der Waals surface area contributed by atoms with Crippen LogP contribution in [0.5, 0.6) is 0 Å². The molecule has 5 heteroatoms. The molecule has 3 N–H and O–H groups in total. The quantitative estimate of drug-likeness (QED) is 0.747. The summed E-state index contributed by atoms with van der Waals surface area (Å²) in [7, 11) is 0. The van der Waals surface area contributed by atoms with Crippen LogP contribution in [-0.2, 0) is 4.79 Å². The molecular formula is C13H23N3OS. The van der Waals surface area contributed by atoms with Gasteiger partial charge in [-0.05, 0) is 44.3 Å². The van der Waals surface area contributed by atoms with Crippen LogP contribution in [0.25, 0.3) is 0 Å². The monoisotopic (exact) mass is 269 g/mol. The number of primary amides is 1.